The number of hydrogen-bond acceptors (Lipinski definition) is 6. The maximum absolute atomic E-state index is 11.5. The van der Waals surface area contributed by atoms with Crippen LogP contribution in [-0.4, -0.2) is 48.0 Å². The van der Waals surface area contributed by atoms with Gasteiger partial charge in [0.05, 0.1) is 12.7 Å². The summed E-state index contributed by atoms with van der Waals surface area (Å²) in [4.78, 5) is 13.0. The lowest BCUT2D eigenvalue weighted by Gasteiger charge is -2.08. The van der Waals surface area contributed by atoms with Crippen molar-refractivity contribution in [3.05, 3.63) is 24.3 Å². The molecule has 0 saturated heterocycles. The zero-order chi connectivity index (χ0) is 15.2. The molecule has 0 saturated carbocycles. The first-order valence-corrected chi connectivity index (χ1v) is 7.40. The standard InChI is InChI=1S/C14H17N3O3S/c1-17(2)12(18)8-9-21-14-16-15-13(20-14)10-6-4-5-7-11(10)19-3/h4-7H,8-9H2,1-3H3. The zero-order valence-electron chi connectivity index (χ0n) is 12.2. The van der Waals surface area contributed by atoms with Gasteiger partial charge in [0.1, 0.15) is 5.75 Å². The minimum absolute atomic E-state index is 0.0759. The van der Waals surface area contributed by atoms with E-state index in [0.717, 1.165) is 5.56 Å². The molecule has 0 fully saturated rings. The van der Waals surface area contributed by atoms with E-state index in [1.165, 1.54) is 11.8 Å². The number of rotatable bonds is 6. The Kier molecular flexibility index (Phi) is 5.21. The lowest BCUT2D eigenvalue weighted by Crippen LogP contribution is -2.21. The van der Waals surface area contributed by atoms with Gasteiger partial charge in [-0.25, -0.2) is 0 Å². The molecule has 0 spiro atoms. The van der Waals surface area contributed by atoms with Crippen molar-refractivity contribution in [2.45, 2.75) is 11.6 Å². The molecule has 0 aliphatic carbocycles. The quantitative estimate of drug-likeness (QED) is 0.763. The Bertz CT molecular complexity index is 613. The number of carbonyl (C=O) groups is 1. The molecule has 1 aromatic heterocycles. The van der Waals surface area contributed by atoms with Crippen LogP contribution in [0.5, 0.6) is 5.75 Å². The Morgan fingerprint density at radius 3 is 2.81 bits per heavy atom. The van der Waals surface area contributed by atoms with Crippen molar-refractivity contribution < 1.29 is 13.9 Å². The second-order valence-electron chi connectivity index (χ2n) is 4.46. The van der Waals surface area contributed by atoms with Crippen molar-refractivity contribution in [3.8, 4) is 17.2 Å². The summed E-state index contributed by atoms with van der Waals surface area (Å²) in [5.41, 5.74) is 0.753. The summed E-state index contributed by atoms with van der Waals surface area (Å²) >= 11 is 1.37. The van der Waals surface area contributed by atoms with Gasteiger partial charge in [-0.05, 0) is 12.1 Å². The highest BCUT2D eigenvalue weighted by atomic mass is 32.2. The van der Waals surface area contributed by atoms with E-state index in [1.54, 1.807) is 26.1 Å². The predicted molar refractivity (Wildman–Crippen MR) is 80.3 cm³/mol. The van der Waals surface area contributed by atoms with Crippen LogP contribution in [0, 0.1) is 0 Å². The average molecular weight is 307 g/mol. The van der Waals surface area contributed by atoms with Crippen LogP contribution in [0.1, 0.15) is 6.42 Å². The van der Waals surface area contributed by atoms with Gasteiger partial charge >= 0.3 is 0 Å². The molecule has 2 rings (SSSR count). The van der Waals surface area contributed by atoms with Gasteiger partial charge in [-0.15, -0.1) is 10.2 Å². The third-order valence-electron chi connectivity index (χ3n) is 2.78. The number of benzene rings is 1. The van der Waals surface area contributed by atoms with E-state index in [4.69, 9.17) is 9.15 Å². The summed E-state index contributed by atoms with van der Waals surface area (Å²) < 4.78 is 10.9. The number of methoxy groups -OCH3 is 1. The van der Waals surface area contributed by atoms with E-state index in [9.17, 15) is 4.79 Å². The normalized spacial score (nSPS) is 10.4. The number of thioether (sulfide) groups is 1. The third kappa shape index (κ3) is 3.98. The lowest BCUT2D eigenvalue weighted by molar-refractivity contribution is -0.128. The average Bonchev–Trinajstić information content (AvgIpc) is 2.95. The number of aromatic nitrogens is 2. The molecule has 0 N–H and O–H groups in total. The molecule has 2 aromatic rings. The van der Waals surface area contributed by atoms with E-state index < -0.39 is 0 Å². The Morgan fingerprint density at radius 2 is 2.10 bits per heavy atom. The number of hydrogen-bond donors (Lipinski definition) is 0. The van der Waals surface area contributed by atoms with Crippen LogP contribution in [0.4, 0.5) is 0 Å². The van der Waals surface area contributed by atoms with Crippen LogP contribution in [-0.2, 0) is 4.79 Å². The van der Waals surface area contributed by atoms with E-state index in [2.05, 4.69) is 10.2 Å². The Hall–Kier alpha value is -2.02. The van der Waals surface area contributed by atoms with Crippen LogP contribution in [0.25, 0.3) is 11.5 Å². The second kappa shape index (κ2) is 7.12. The van der Waals surface area contributed by atoms with E-state index in [0.29, 0.717) is 29.0 Å². The van der Waals surface area contributed by atoms with Gasteiger partial charge < -0.3 is 14.1 Å². The van der Waals surface area contributed by atoms with Crippen LogP contribution in [0.2, 0.25) is 0 Å². The summed E-state index contributed by atoms with van der Waals surface area (Å²) in [7, 11) is 5.07. The fourth-order valence-corrected chi connectivity index (χ4v) is 2.34. The molecule has 0 unspecified atom stereocenters. The first-order chi connectivity index (χ1) is 10.1. The molecule has 21 heavy (non-hydrogen) atoms. The molecule has 0 aliphatic rings. The van der Waals surface area contributed by atoms with Crippen LogP contribution >= 0.6 is 11.8 Å². The summed E-state index contributed by atoms with van der Waals surface area (Å²) in [5.74, 6) is 1.77. The summed E-state index contributed by atoms with van der Waals surface area (Å²) in [5, 5.41) is 8.44. The molecule has 0 bridgehead atoms. The van der Waals surface area contributed by atoms with Crippen LogP contribution in [0.3, 0.4) is 0 Å². The molecule has 6 nitrogen and oxygen atoms in total. The van der Waals surface area contributed by atoms with Gasteiger partial charge in [0.2, 0.25) is 5.91 Å². The second-order valence-corrected chi connectivity index (χ2v) is 5.51. The molecule has 1 aromatic carbocycles. The van der Waals surface area contributed by atoms with Crippen molar-refractivity contribution >= 4 is 17.7 Å². The SMILES string of the molecule is COc1ccccc1-c1nnc(SCCC(=O)N(C)C)o1. The summed E-state index contributed by atoms with van der Waals surface area (Å²) in [6, 6.07) is 7.45. The minimum atomic E-state index is 0.0759. The minimum Gasteiger partial charge on any atom is -0.496 e. The highest BCUT2D eigenvalue weighted by molar-refractivity contribution is 7.99. The van der Waals surface area contributed by atoms with E-state index >= 15 is 0 Å². The van der Waals surface area contributed by atoms with Crippen LogP contribution < -0.4 is 4.74 Å². The number of ether oxygens (including phenoxy) is 1. The molecule has 0 atom stereocenters. The fraction of sp³-hybridized carbons (Fsp3) is 0.357. The van der Waals surface area contributed by atoms with Gasteiger partial charge in [-0.1, -0.05) is 23.9 Å². The third-order valence-corrected chi connectivity index (χ3v) is 3.60. The monoisotopic (exact) mass is 307 g/mol. The molecule has 0 radical (unpaired) electrons. The topological polar surface area (TPSA) is 68.5 Å². The number of carbonyl (C=O) groups excluding carboxylic acids is 1. The summed E-state index contributed by atoms with van der Waals surface area (Å²) in [6.07, 6.45) is 0.435. The molecular weight excluding hydrogens is 290 g/mol. The highest BCUT2D eigenvalue weighted by Gasteiger charge is 2.13. The first kappa shape index (κ1) is 15.4. The van der Waals surface area contributed by atoms with Crippen molar-refractivity contribution in [3.63, 3.8) is 0 Å². The van der Waals surface area contributed by atoms with Crippen LogP contribution in [0.15, 0.2) is 33.9 Å². The molecule has 112 valence electrons. The van der Waals surface area contributed by atoms with E-state index in [1.807, 2.05) is 24.3 Å². The van der Waals surface area contributed by atoms with Gasteiger partial charge in [-0.2, -0.15) is 0 Å². The number of para-hydroxylation sites is 1. The first-order valence-electron chi connectivity index (χ1n) is 6.41. The molecule has 0 aliphatic heterocycles. The molecule has 1 amide bonds. The van der Waals surface area contributed by atoms with Crippen molar-refractivity contribution in [1.82, 2.24) is 15.1 Å². The number of nitrogens with zero attached hydrogens (tertiary/aromatic N) is 3. The number of amides is 1. The highest BCUT2D eigenvalue weighted by Crippen LogP contribution is 2.30. The largest absolute Gasteiger partial charge is 0.496 e. The van der Waals surface area contributed by atoms with Crippen molar-refractivity contribution in [2.75, 3.05) is 27.0 Å². The van der Waals surface area contributed by atoms with Gasteiger partial charge in [-0.3, -0.25) is 4.79 Å². The smallest absolute Gasteiger partial charge is 0.276 e. The molecule has 1 heterocycles. The van der Waals surface area contributed by atoms with E-state index in [-0.39, 0.29) is 5.91 Å². The van der Waals surface area contributed by atoms with Gasteiger partial charge in [0.25, 0.3) is 11.1 Å². The summed E-state index contributed by atoms with van der Waals surface area (Å²) in [6.45, 7) is 0. The Balaban J connectivity index is 2.00. The maximum atomic E-state index is 11.5. The maximum Gasteiger partial charge on any atom is 0.276 e. The van der Waals surface area contributed by atoms with Gasteiger partial charge in [0, 0.05) is 26.3 Å². The zero-order valence-corrected chi connectivity index (χ0v) is 13.0. The predicted octanol–water partition coefficient (Wildman–Crippen LogP) is 2.32. The molecule has 7 heteroatoms. The molecular formula is C14H17N3O3S. The lowest BCUT2D eigenvalue weighted by atomic mass is 10.2. The Labute approximate surface area is 127 Å². The van der Waals surface area contributed by atoms with Crippen molar-refractivity contribution in [1.29, 1.82) is 0 Å². The van der Waals surface area contributed by atoms with Gasteiger partial charge in [0.15, 0.2) is 0 Å². The Morgan fingerprint density at radius 1 is 1.33 bits per heavy atom. The van der Waals surface area contributed by atoms with Crippen molar-refractivity contribution in [2.24, 2.45) is 0 Å². The fourth-order valence-electron chi connectivity index (χ4n) is 1.65.